The number of aromatic nitrogens is 1. The quantitative estimate of drug-likeness (QED) is 0.930. The molecule has 3 rings (SSSR count). The first-order valence-corrected chi connectivity index (χ1v) is 7.79. The van der Waals surface area contributed by atoms with Gasteiger partial charge in [0, 0.05) is 19.2 Å². The maximum Gasteiger partial charge on any atom is 0.318 e. The molecule has 1 N–H and O–H groups in total. The largest absolute Gasteiger partial charge is 0.493 e. The number of hydrogen-bond acceptors (Lipinski definition) is 5. The number of nitrogens with zero attached hydrogens (tertiary/aromatic N) is 2. The smallest absolute Gasteiger partial charge is 0.318 e. The second kappa shape index (κ2) is 6.82. The SMILES string of the molecule is COc1cc2c(cc1OC)CN(C(=O)NCc1cc(C)no1)CC2. The first kappa shape index (κ1) is 16.2. The van der Waals surface area contributed by atoms with Crippen LogP contribution in [0.25, 0.3) is 0 Å². The monoisotopic (exact) mass is 331 g/mol. The molecule has 0 unspecified atom stereocenters. The lowest BCUT2D eigenvalue weighted by atomic mass is 9.99. The minimum Gasteiger partial charge on any atom is -0.493 e. The van der Waals surface area contributed by atoms with Gasteiger partial charge in [0.1, 0.15) is 0 Å². The van der Waals surface area contributed by atoms with Crippen molar-refractivity contribution in [3.05, 3.63) is 40.8 Å². The predicted molar refractivity (Wildman–Crippen MR) is 87.1 cm³/mol. The van der Waals surface area contributed by atoms with Gasteiger partial charge in [-0.1, -0.05) is 5.16 Å². The molecule has 128 valence electrons. The fraction of sp³-hybridized carbons (Fsp3) is 0.412. The number of amides is 2. The Morgan fingerprint density at radius 2 is 1.96 bits per heavy atom. The van der Waals surface area contributed by atoms with E-state index in [1.807, 2.05) is 25.1 Å². The van der Waals surface area contributed by atoms with Crippen LogP contribution in [-0.2, 0) is 19.5 Å². The highest BCUT2D eigenvalue weighted by molar-refractivity contribution is 5.74. The molecule has 1 aliphatic heterocycles. The minimum absolute atomic E-state index is 0.121. The molecule has 2 aromatic rings. The van der Waals surface area contributed by atoms with E-state index in [9.17, 15) is 4.79 Å². The number of methoxy groups -OCH3 is 2. The molecule has 0 saturated heterocycles. The number of ether oxygens (including phenoxy) is 2. The van der Waals surface area contributed by atoms with E-state index in [-0.39, 0.29) is 6.03 Å². The fourth-order valence-electron chi connectivity index (χ4n) is 2.83. The van der Waals surface area contributed by atoms with Gasteiger partial charge in [-0.2, -0.15) is 0 Å². The predicted octanol–water partition coefficient (Wildman–Crippen LogP) is 2.27. The molecule has 0 bridgehead atoms. The van der Waals surface area contributed by atoms with Gasteiger partial charge in [-0.15, -0.1) is 0 Å². The first-order chi connectivity index (χ1) is 11.6. The molecular formula is C17H21N3O4. The lowest BCUT2D eigenvalue weighted by Gasteiger charge is -2.29. The van der Waals surface area contributed by atoms with Crippen molar-refractivity contribution >= 4 is 6.03 Å². The van der Waals surface area contributed by atoms with Crippen molar-refractivity contribution < 1.29 is 18.8 Å². The summed E-state index contributed by atoms with van der Waals surface area (Å²) in [7, 11) is 3.23. The van der Waals surface area contributed by atoms with Crippen LogP contribution in [0.1, 0.15) is 22.6 Å². The number of carbonyl (C=O) groups is 1. The summed E-state index contributed by atoms with van der Waals surface area (Å²) in [6.45, 7) is 3.37. The molecule has 1 aliphatic rings. The molecule has 0 atom stereocenters. The molecule has 0 aliphatic carbocycles. The molecule has 0 spiro atoms. The minimum atomic E-state index is -0.121. The standard InChI is InChI=1S/C17H21N3O4/c1-11-6-14(24-19-11)9-18-17(21)20-5-4-12-7-15(22-2)16(23-3)8-13(12)10-20/h6-8H,4-5,9-10H2,1-3H3,(H,18,21). The average Bonchev–Trinajstić information content (AvgIpc) is 3.03. The highest BCUT2D eigenvalue weighted by Crippen LogP contribution is 2.33. The number of rotatable bonds is 4. The maximum atomic E-state index is 12.4. The Bertz CT molecular complexity index is 741. The summed E-state index contributed by atoms with van der Waals surface area (Å²) < 4.78 is 15.8. The van der Waals surface area contributed by atoms with Crippen molar-refractivity contribution in [3.8, 4) is 11.5 Å². The Morgan fingerprint density at radius 3 is 2.58 bits per heavy atom. The molecule has 1 aromatic heterocycles. The normalized spacial score (nSPS) is 13.4. The van der Waals surface area contributed by atoms with Crippen LogP contribution in [0.15, 0.2) is 22.7 Å². The Labute approximate surface area is 140 Å². The molecule has 7 heteroatoms. The van der Waals surface area contributed by atoms with E-state index in [0.29, 0.717) is 31.1 Å². The molecule has 2 amide bonds. The third-order valence-electron chi connectivity index (χ3n) is 4.10. The van der Waals surface area contributed by atoms with Crippen molar-refractivity contribution in [2.75, 3.05) is 20.8 Å². The van der Waals surface area contributed by atoms with E-state index >= 15 is 0 Å². The van der Waals surface area contributed by atoms with Crippen LogP contribution in [0.5, 0.6) is 11.5 Å². The van der Waals surface area contributed by atoms with Gasteiger partial charge in [0.25, 0.3) is 0 Å². The van der Waals surface area contributed by atoms with E-state index < -0.39 is 0 Å². The summed E-state index contributed by atoms with van der Waals surface area (Å²) in [5.41, 5.74) is 3.05. The molecule has 2 heterocycles. The highest BCUT2D eigenvalue weighted by atomic mass is 16.5. The van der Waals surface area contributed by atoms with E-state index in [1.54, 1.807) is 19.1 Å². The third kappa shape index (κ3) is 3.29. The Morgan fingerprint density at radius 1 is 1.25 bits per heavy atom. The Balaban J connectivity index is 1.66. The third-order valence-corrected chi connectivity index (χ3v) is 4.10. The summed E-state index contributed by atoms with van der Waals surface area (Å²) in [4.78, 5) is 14.1. The number of fused-ring (bicyclic) bond motifs is 1. The zero-order valence-corrected chi connectivity index (χ0v) is 14.1. The van der Waals surface area contributed by atoms with E-state index in [2.05, 4.69) is 10.5 Å². The van der Waals surface area contributed by atoms with Crippen molar-refractivity contribution in [2.45, 2.75) is 26.4 Å². The highest BCUT2D eigenvalue weighted by Gasteiger charge is 2.22. The number of nitrogens with one attached hydrogen (secondary N) is 1. The van der Waals surface area contributed by atoms with Gasteiger partial charge < -0.3 is 24.2 Å². The molecular weight excluding hydrogens is 310 g/mol. The van der Waals surface area contributed by atoms with Gasteiger partial charge in [0.15, 0.2) is 17.3 Å². The van der Waals surface area contributed by atoms with Crippen molar-refractivity contribution in [3.63, 3.8) is 0 Å². The van der Waals surface area contributed by atoms with Crippen molar-refractivity contribution in [1.82, 2.24) is 15.4 Å². The summed E-state index contributed by atoms with van der Waals surface area (Å²) >= 11 is 0. The van der Waals surface area contributed by atoms with Crippen LogP contribution < -0.4 is 14.8 Å². The van der Waals surface area contributed by atoms with Crippen molar-refractivity contribution in [2.24, 2.45) is 0 Å². The molecule has 0 radical (unpaired) electrons. The molecule has 0 fully saturated rings. The lowest BCUT2D eigenvalue weighted by molar-refractivity contribution is 0.190. The Hall–Kier alpha value is -2.70. The second-order valence-corrected chi connectivity index (χ2v) is 5.74. The van der Waals surface area contributed by atoms with Crippen LogP contribution in [0, 0.1) is 6.92 Å². The van der Waals surface area contributed by atoms with Gasteiger partial charge in [-0.25, -0.2) is 4.79 Å². The van der Waals surface area contributed by atoms with E-state index in [1.165, 1.54) is 5.56 Å². The van der Waals surface area contributed by atoms with E-state index in [4.69, 9.17) is 14.0 Å². The zero-order chi connectivity index (χ0) is 17.1. The average molecular weight is 331 g/mol. The Kier molecular flexibility index (Phi) is 4.59. The summed E-state index contributed by atoms with van der Waals surface area (Å²) in [6, 6.07) is 5.61. The van der Waals surface area contributed by atoms with Gasteiger partial charge in [-0.3, -0.25) is 0 Å². The molecule has 24 heavy (non-hydrogen) atoms. The number of urea groups is 1. The number of carbonyl (C=O) groups excluding carboxylic acids is 1. The number of benzene rings is 1. The lowest BCUT2D eigenvalue weighted by Crippen LogP contribution is -2.42. The first-order valence-electron chi connectivity index (χ1n) is 7.79. The second-order valence-electron chi connectivity index (χ2n) is 5.74. The zero-order valence-electron chi connectivity index (χ0n) is 14.1. The van der Waals surface area contributed by atoms with Crippen molar-refractivity contribution in [1.29, 1.82) is 0 Å². The number of aryl methyl sites for hydroxylation is 1. The van der Waals surface area contributed by atoms with Gasteiger partial charge >= 0.3 is 6.03 Å². The summed E-state index contributed by atoms with van der Waals surface area (Å²) in [5.74, 6) is 2.04. The van der Waals surface area contributed by atoms with Gasteiger partial charge in [0.05, 0.1) is 26.5 Å². The fourth-order valence-corrected chi connectivity index (χ4v) is 2.83. The molecule has 1 aromatic carbocycles. The van der Waals surface area contributed by atoms with Gasteiger partial charge in [0.2, 0.25) is 0 Å². The summed E-state index contributed by atoms with van der Waals surface area (Å²) in [6.07, 6.45) is 0.782. The topological polar surface area (TPSA) is 76.8 Å². The van der Waals surface area contributed by atoms with Crippen LogP contribution in [0.2, 0.25) is 0 Å². The molecule has 7 nitrogen and oxygen atoms in total. The van der Waals surface area contributed by atoms with E-state index in [0.717, 1.165) is 23.4 Å². The van der Waals surface area contributed by atoms with Gasteiger partial charge in [-0.05, 0) is 36.6 Å². The van der Waals surface area contributed by atoms with Crippen LogP contribution in [0.3, 0.4) is 0 Å². The van der Waals surface area contributed by atoms with Crippen LogP contribution >= 0.6 is 0 Å². The van der Waals surface area contributed by atoms with Crippen LogP contribution in [-0.4, -0.2) is 36.9 Å². The molecule has 0 saturated carbocycles. The summed E-state index contributed by atoms with van der Waals surface area (Å²) in [5, 5.41) is 6.67. The maximum absolute atomic E-state index is 12.4. The number of hydrogen-bond donors (Lipinski definition) is 1. The van der Waals surface area contributed by atoms with Crippen LogP contribution in [0.4, 0.5) is 4.79 Å².